The van der Waals surface area contributed by atoms with Gasteiger partial charge in [-0.15, -0.1) is 12.8 Å². The fraction of sp³-hybridized carbons (Fsp3) is 0.227. The molecule has 0 aliphatic heterocycles. The Morgan fingerprint density at radius 3 is 1.71 bits per heavy atom. The highest BCUT2D eigenvalue weighted by Crippen LogP contribution is 2.30. The fourth-order valence-electron chi connectivity index (χ4n) is 2.67. The Kier molecular flexibility index (Phi) is 5.83. The van der Waals surface area contributed by atoms with Gasteiger partial charge < -0.3 is 4.74 Å². The zero-order valence-corrected chi connectivity index (χ0v) is 14.0. The molecule has 0 aliphatic carbocycles. The first-order valence-corrected chi connectivity index (χ1v) is 7.91. The highest BCUT2D eigenvalue weighted by Gasteiger charge is 2.24. The number of benzene rings is 2. The van der Waals surface area contributed by atoms with Crippen LogP contribution in [0.1, 0.15) is 48.4 Å². The van der Waals surface area contributed by atoms with Crippen molar-refractivity contribution in [2.75, 3.05) is 0 Å². The maximum atomic E-state index is 11.7. The molecule has 1 atom stereocenters. The lowest BCUT2D eigenvalue weighted by molar-refractivity contribution is -0.148. The molecule has 24 heavy (non-hydrogen) atoms. The standard InChI is InChI=1S/C22H20O2/c1-5-17-8-12-19(13-9-17)22(16(4)24-21(23)7-3)20-14-10-18(6-2)11-15-20/h1-2,8-16,22H,7H2,3-4H3. The van der Waals surface area contributed by atoms with Gasteiger partial charge >= 0.3 is 5.97 Å². The second-order valence-corrected chi connectivity index (χ2v) is 5.56. The SMILES string of the molecule is C#Cc1ccc(C(c2ccc(C#C)cc2)C(C)OC(=O)CC)cc1. The molecule has 0 aliphatic rings. The Labute approximate surface area is 143 Å². The van der Waals surface area contributed by atoms with E-state index in [1.807, 2.05) is 55.5 Å². The van der Waals surface area contributed by atoms with Gasteiger partial charge in [-0.25, -0.2) is 0 Å². The van der Waals surface area contributed by atoms with Crippen LogP contribution in [0.2, 0.25) is 0 Å². The summed E-state index contributed by atoms with van der Waals surface area (Å²) in [5.74, 6) is 4.92. The third kappa shape index (κ3) is 4.06. The minimum Gasteiger partial charge on any atom is -0.462 e. The zero-order chi connectivity index (χ0) is 17.5. The summed E-state index contributed by atoms with van der Waals surface area (Å²) in [6.07, 6.45) is 10.9. The van der Waals surface area contributed by atoms with E-state index in [0.29, 0.717) is 6.42 Å². The molecule has 2 aromatic rings. The van der Waals surface area contributed by atoms with Gasteiger partial charge in [-0.3, -0.25) is 4.79 Å². The Morgan fingerprint density at radius 1 is 0.958 bits per heavy atom. The first-order chi connectivity index (χ1) is 11.6. The van der Waals surface area contributed by atoms with Crippen molar-refractivity contribution in [3.05, 3.63) is 70.8 Å². The first kappa shape index (κ1) is 17.4. The molecule has 2 heteroatoms. The number of hydrogen-bond donors (Lipinski definition) is 0. The minimum atomic E-state index is -0.300. The minimum absolute atomic E-state index is 0.0841. The van der Waals surface area contributed by atoms with E-state index in [1.54, 1.807) is 6.92 Å². The number of carbonyl (C=O) groups excluding carboxylic acids is 1. The number of esters is 1. The summed E-state index contributed by atoms with van der Waals surface area (Å²) in [5, 5.41) is 0. The average Bonchev–Trinajstić information content (AvgIpc) is 2.63. The van der Waals surface area contributed by atoms with E-state index in [-0.39, 0.29) is 18.0 Å². The highest BCUT2D eigenvalue weighted by molar-refractivity contribution is 5.69. The van der Waals surface area contributed by atoms with Crippen LogP contribution in [0.4, 0.5) is 0 Å². The van der Waals surface area contributed by atoms with Crippen molar-refractivity contribution in [3.63, 3.8) is 0 Å². The van der Waals surface area contributed by atoms with Gasteiger partial charge in [0.1, 0.15) is 6.10 Å². The summed E-state index contributed by atoms with van der Waals surface area (Å²) in [5.41, 5.74) is 3.72. The van der Waals surface area contributed by atoms with Crippen LogP contribution in [0.15, 0.2) is 48.5 Å². The third-order valence-electron chi connectivity index (χ3n) is 3.95. The van der Waals surface area contributed by atoms with Crippen LogP contribution in [0.5, 0.6) is 0 Å². The van der Waals surface area contributed by atoms with Crippen molar-refractivity contribution in [1.82, 2.24) is 0 Å². The molecular formula is C22H20O2. The molecule has 0 heterocycles. The van der Waals surface area contributed by atoms with Gasteiger partial charge in [0.25, 0.3) is 0 Å². The van der Waals surface area contributed by atoms with Crippen LogP contribution in [-0.4, -0.2) is 12.1 Å². The Hall–Kier alpha value is -2.97. The second-order valence-electron chi connectivity index (χ2n) is 5.56. The van der Waals surface area contributed by atoms with E-state index in [9.17, 15) is 4.79 Å². The number of carbonyl (C=O) groups is 1. The van der Waals surface area contributed by atoms with E-state index in [4.69, 9.17) is 17.6 Å². The van der Waals surface area contributed by atoms with Crippen LogP contribution >= 0.6 is 0 Å². The Bertz CT molecular complexity index is 713. The zero-order valence-electron chi connectivity index (χ0n) is 14.0. The van der Waals surface area contributed by atoms with Crippen LogP contribution in [0.3, 0.4) is 0 Å². The normalized spacial score (nSPS) is 11.4. The van der Waals surface area contributed by atoms with Gasteiger partial charge in [-0.1, -0.05) is 43.0 Å². The van der Waals surface area contributed by atoms with E-state index in [0.717, 1.165) is 22.3 Å². The Morgan fingerprint density at radius 2 is 1.38 bits per heavy atom. The molecule has 0 fully saturated rings. The van der Waals surface area contributed by atoms with Gasteiger partial charge in [0, 0.05) is 23.5 Å². The maximum Gasteiger partial charge on any atom is 0.305 e. The molecule has 0 aromatic heterocycles. The van der Waals surface area contributed by atoms with Gasteiger partial charge in [0.2, 0.25) is 0 Å². The molecule has 0 spiro atoms. The fourth-order valence-corrected chi connectivity index (χ4v) is 2.67. The molecule has 0 bridgehead atoms. The van der Waals surface area contributed by atoms with Crippen LogP contribution in [0.25, 0.3) is 0 Å². The van der Waals surface area contributed by atoms with Crippen molar-refractivity contribution >= 4 is 5.97 Å². The largest absolute Gasteiger partial charge is 0.462 e. The molecule has 2 aromatic carbocycles. The highest BCUT2D eigenvalue weighted by atomic mass is 16.5. The summed E-state index contributed by atoms with van der Waals surface area (Å²) < 4.78 is 5.56. The lowest BCUT2D eigenvalue weighted by atomic mass is 9.86. The van der Waals surface area contributed by atoms with Crippen molar-refractivity contribution in [3.8, 4) is 24.7 Å². The van der Waals surface area contributed by atoms with Crippen LogP contribution < -0.4 is 0 Å². The Balaban J connectivity index is 2.41. The quantitative estimate of drug-likeness (QED) is 0.612. The molecule has 1 unspecified atom stereocenters. The molecule has 0 radical (unpaired) electrons. The molecule has 0 amide bonds. The predicted molar refractivity (Wildman–Crippen MR) is 96.4 cm³/mol. The average molecular weight is 316 g/mol. The monoisotopic (exact) mass is 316 g/mol. The molecular weight excluding hydrogens is 296 g/mol. The first-order valence-electron chi connectivity index (χ1n) is 7.91. The topological polar surface area (TPSA) is 26.3 Å². The second kappa shape index (κ2) is 8.04. The number of hydrogen-bond acceptors (Lipinski definition) is 2. The predicted octanol–water partition coefficient (Wildman–Crippen LogP) is 4.12. The lowest BCUT2D eigenvalue weighted by Crippen LogP contribution is -2.23. The lowest BCUT2D eigenvalue weighted by Gasteiger charge is -2.25. The summed E-state index contributed by atoms with van der Waals surface area (Å²) in [4.78, 5) is 11.7. The summed E-state index contributed by atoms with van der Waals surface area (Å²) >= 11 is 0. The van der Waals surface area contributed by atoms with Gasteiger partial charge in [-0.2, -0.15) is 0 Å². The van der Waals surface area contributed by atoms with Crippen LogP contribution in [-0.2, 0) is 9.53 Å². The molecule has 0 saturated heterocycles. The summed E-state index contributed by atoms with van der Waals surface area (Å²) in [7, 11) is 0. The molecule has 0 saturated carbocycles. The van der Waals surface area contributed by atoms with Crippen molar-refractivity contribution in [1.29, 1.82) is 0 Å². The van der Waals surface area contributed by atoms with Crippen molar-refractivity contribution < 1.29 is 9.53 Å². The number of rotatable bonds is 5. The third-order valence-corrected chi connectivity index (χ3v) is 3.95. The van der Waals surface area contributed by atoms with E-state index >= 15 is 0 Å². The van der Waals surface area contributed by atoms with Gasteiger partial charge in [0.05, 0.1) is 0 Å². The van der Waals surface area contributed by atoms with E-state index in [2.05, 4.69) is 11.8 Å². The molecule has 2 nitrogen and oxygen atoms in total. The van der Waals surface area contributed by atoms with Gasteiger partial charge in [-0.05, 0) is 42.3 Å². The van der Waals surface area contributed by atoms with E-state index < -0.39 is 0 Å². The van der Waals surface area contributed by atoms with Crippen molar-refractivity contribution in [2.24, 2.45) is 0 Å². The summed E-state index contributed by atoms with van der Waals surface area (Å²) in [6, 6.07) is 15.5. The van der Waals surface area contributed by atoms with Crippen LogP contribution in [0, 0.1) is 24.7 Å². The van der Waals surface area contributed by atoms with E-state index in [1.165, 1.54) is 0 Å². The molecule has 120 valence electrons. The molecule has 2 rings (SSSR count). The van der Waals surface area contributed by atoms with Crippen molar-refractivity contribution in [2.45, 2.75) is 32.3 Å². The number of ether oxygens (including phenoxy) is 1. The maximum absolute atomic E-state index is 11.7. The summed E-state index contributed by atoms with van der Waals surface area (Å²) in [6.45, 7) is 3.69. The smallest absolute Gasteiger partial charge is 0.305 e. The van der Waals surface area contributed by atoms with Gasteiger partial charge in [0.15, 0.2) is 0 Å². The molecule has 0 N–H and O–H groups in total. The number of terminal acetylenes is 2.